The summed E-state index contributed by atoms with van der Waals surface area (Å²) in [5, 5.41) is 0.845. The number of hydrogen-bond donors (Lipinski definition) is 0. The molecule has 4 aromatic carbocycles. The van der Waals surface area contributed by atoms with Gasteiger partial charge in [0, 0.05) is 30.9 Å². The van der Waals surface area contributed by atoms with Gasteiger partial charge in [-0.1, -0.05) is 48.0 Å². The van der Waals surface area contributed by atoms with Gasteiger partial charge in [-0.05, 0) is 79.6 Å². The molecule has 0 spiro atoms. The lowest BCUT2D eigenvalue weighted by Gasteiger charge is -2.50. The second-order valence-electron chi connectivity index (χ2n) is 8.47. The fraction of sp³-hybridized carbons (Fsp3) is 0.148. The molecule has 2 nitrogen and oxygen atoms in total. The minimum Gasteiger partial charge on any atom is -0.439 e. The fourth-order valence-corrected chi connectivity index (χ4v) is 7.70. The minimum absolute atomic E-state index is 0.00653. The molecule has 32 heavy (non-hydrogen) atoms. The smallest absolute Gasteiger partial charge is 0.150 e. The van der Waals surface area contributed by atoms with Gasteiger partial charge in [-0.15, -0.1) is 0 Å². The first kappa shape index (κ1) is 22.4. The zero-order valence-corrected chi connectivity index (χ0v) is 19.7. The van der Waals surface area contributed by atoms with Crippen molar-refractivity contribution in [1.82, 2.24) is 0 Å². The Morgan fingerprint density at radius 2 is 1.41 bits per heavy atom. The quantitative estimate of drug-likeness (QED) is 0.276. The van der Waals surface area contributed by atoms with Gasteiger partial charge < -0.3 is 4.18 Å². The van der Waals surface area contributed by atoms with E-state index in [1.165, 1.54) is 12.1 Å². The Morgan fingerprint density at radius 3 is 1.91 bits per heavy atom. The second-order valence-corrected chi connectivity index (χ2v) is 12.3. The SMILES string of the molecule is CC(C)(C)S(Oc1cc(C=O)cc2c(F)c(Cl)ccc12)(c1ccccc1)c1ccccc1. The Morgan fingerprint density at radius 1 is 0.844 bits per heavy atom. The molecule has 0 aliphatic rings. The van der Waals surface area contributed by atoms with Crippen molar-refractivity contribution >= 4 is 39.0 Å². The van der Waals surface area contributed by atoms with Crippen LogP contribution in [0.1, 0.15) is 31.1 Å². The van der Waals surface area contributed by atoms with E-state index in [0.29, 0.717) is 23.0 Å². The van der Waals surface area contributed by atoms with Crippen LogP contribution in [0.2, 0.25) is 5.02 Å². The molecule has 0 N–H and O–H groups in total. The number of benzene rings is 4. The number of fused-ring (bicyclic) bond motifs is 1. The highest BCUT2D eigenvalue weighted by atomic mass is 35.5. The van der Waals surface area contributed by atoms with E-state index in [2.05, 4.69) is 45.0 Å². The largest absolute Gasteiger partial charge is 0.439 e. The number of halogens is 2. The number of hydrogen-bond acceptors (Lipinski definition) is 2. The summed E-state index contributed by atoms with van der Waals surface area (Å²) in [6, 6.07) is 26.6. The summed E-state index contributed by atoms with van der Waals surface area (Å²) in [6.45, 7) is 6.43. The average Bonchev–Trinajstić information content (AvgIpc) is 2.80. The standard InChI is InChI=1S/C27H24ClFO2S/c1-27(2,3)32(20-10-6-4-7-11-20,21-12-8-5-9-13-21)31-25-17-19(18-30)16-23-22(25)14-15-24(28)26(23)29/h4-18H,1-3H3. The summed E-state index contributed by atoms with van der Waals surface area (Å²) in [5.74, 6) is -0.105. The van der Waals surface area contributed by atoms with Gasteiger partial charge in [-0.3, -0.25) is 4.79 Å². The molecular formula is C27H24ClFO2S. The normalized spacial score (nSPS) is 12.5. The molecule has 0 fully saturated rings. The monoisotopic (exact) mass is 466 g/mol. The molecular weight excluding hydrogens is 443 g/mol. The lowest BCUT2D eigenvalue weighted by Crippen LogP contribution is -2.30. The van der Waals surface area contributed by atoms with Gasteiger partial charge in [0.25, 0.3) is 0 Å². The maximum Gasteiger partial charge on any atom is 0.150 e. The van der Waals surface area contributed by atoms with Crippen molar-refractivity contribution in [3.8, 4) is 5.75 Å². The molecule has 4 aromatic rings. The van der Waals surface area contributed by atoms with Crippen LogP contribution < -0.4 is 4.18 Å². The molecule has 0 amide bonds. The van der Waals surface area contributed by atoms with Gasteiger partial charge in [0.05, 0.1) is 5.02 Å². The van der Waals surface area contributed by atoms with Crippen molar-refractivity contribution in [2.24, 2.45) is 0 Å². The summed E-state index contributed by atoms with van der Waals surface area (Å²) >= 11 is 6.03. The van der Waals surface area contributed by atoms with Gasteiger partial charge in [-0.2, -0.15) is 0 Å². The van der Waals surface area contributed by atoms with Crippen molar-refractivity contribution < 1.29 is 13.4 Å². The average molecular weight is 467 g/mol. The molecule has 4 rings (SSSR count). The Bertz CT molecular complexity index is 1230. The first-order valence-corrected chi connectivity index (χ1v) is 12.2. The lowest BCUT2D eigenvalue weighted by molar-refractivity contribution is 0.112. The molecule has 0 bridgehead atoms. The number of carbonyl (C=O) groups is 1. The van der Waals surface area contributed by atoms with E-state index in [1.54, 1.807) is 12.1 Å². The van der Waals surface area contributed by atoms with Crippen LogP contribution in [0, 0.1) is 5.82 Å². The topological polar surface area (TPSA) is 26.3 Å². The Hall–Kier alpha value is -2.82. The van der Waals surface area contributed by atoms with E-state index in [0.717, 1.165) is 9.79 Å². The van der Waals surface area contributed by atoms with Crippen molar-refractivity contribution in [2.75, 3.05) is 0 Å². The molecule has 0 aliphatic carbocycles. The van der Waals surface area contributed by atoms with E-state index in [4.69, 9.17) is 15.8 Å². The van der Waals surface area contributed by atoms with Crippen LogP contribution in [0.25, 0.3) is 10.8 Å². The van der Waals surface area contributed by atoms with Crippen LogP contribution in [0.3, 0.4) is 0 Å². The molecule has 0 aliphatic heterocycles. The molecule has 0 saturated carbocycles. The first-order valence-electron chi connectivity index (χ1n) is 10.3. The van der Waals surface area contributed by atoms with Crippen LogP contribution >= 0.6 is 21.9 Å². The highest BCUT2D eigenvalue weighted by molar-refractivity contribution is 8.31. The molecule has 0 aromatic heterocycles. The molecule has 0 unspecified atom stereocenters. The molecule has 0 saturated heterocycles. The second kappa shape index (κ2) is 8.61. The predicted molar refractivity (Wildman–Crippen MR) is 132 cm³/mol. The molecule has 164 valence electrons. The van der Waals surface area contributed by atoms with Gasteiger partial charge in [0.15, 0.2) is 0 Å². The Balaban J connectivity index is 2.06. The Kier molecular flexibility index (Phi) is 6.02. The van der Waals surface area contributed by atoms with E-state index in [9.17, 15) is 9.18 Å². The molecule has 5 heteroatoms. The van der Waals surface area contributed by atoms with Crippen molar-refractivity contribution in [2.45, 2.75) is 35.3 Å². The summed E-state index contributed by atoms with van der Waals surface area (Å²) in [6.07, 6.45) is 0.700. The van der Waals surface area contributed by atoms with Crippen LogP contribution in [0.15, 0.2) is 94.7 Å². The Labute approximate surface area is 194 Å². The van der Waals surface area contributed by atoms with Gasteiger partial charge >= 0.3 is 0 Å². The third-order valence-electron chi connectivity index (χ3n) is 5.37. The van der Waals surface area contributed by atoms with E-state index in [1.807, 2.05) is 36.4 Å². The van der Waals surface area contributed by atoms with Crippen LogP contribution in [0.5, 0.6) is 5.75 Å². The maximum absolute atomic E-state index is 14.9. The van der Waals surface area contributed by atoms with E-state index in [-0.39, 0.29) is 15.2 Å². The van der Waals surface area contributed by atoms with Gasteiger partial charge in [0.1, 0.15) is 17.9 Å². The van der Waals surface area contributed by atoms with Gasteiger partial charge in [0.2, 0.25) is 0 Å². The fourth-order valence-electron chi connectivity index (χ4n) is 3.92. The number of carbonyl (C=O) groups excluding carboxylic acids is 1. The van der Waals surface area contributed by atoms with Crippen molar-refractivity contribution in [3.05, 3.63) is 101 Å². The zero-order chi connectivity index (χ0) is 22.9. The summed E-state index contributed by atoms with van der Waals surface area (Å²) < 4.78 is 21.6. The van der Waals surface area contributed by atoms with Crippen molar-refractivity contribution in [1.29, 1.82) is 0 Å². The summed E-state index contributed by atoms with van der Waals surface area (Å²) in [4.78, 5) is 13.8. The third kappa shape index (κ3) is 3.78. The molecule has 0 radical (unpaired) electrons. The van der Waals surface area contributed by atoms with E-state index >= 15 is 0 Å². The molecule has 0 heterocycles. The zero-order valence-electron chi connectivity index (χ0n) is 18.1. The highest BCUT2D eigenvalue weighted by Gasteiger charge is 2.43. The maximum atomic E-state index is 14.9. The minimum atomic E-state index is -2.13. The van der Waals surface area contributed by atoms with Crippen LogP contribution in [-0.2, 0) is 0 Å². The highest BCUT2D eigenvalue weighted by Crippen LogP contribution is 2.70. The van der Waals surface area contributed by atoms with Crippen molar-refractivity contribution in [3.63, 3.8) is 0 Å². The number of aldehydes is 1. The summed E-state index contributed by atoms with van der Waals surface area (Å²) in [7, 11) is -2.13. The lowest BCUT2D eigenvalue weighted by atomic mass is 10.1. The first-order chi connectivity index (χ1) is 15.3. The van der Waals surface area contributed by atoms with Gasteiger partial charge in [-0.25, -0.2) is 4.39 Å². The third-order valence-corrected chi connectivity index (χ3v) is 9.69. The van der Waals surface area contributed by atoms with Crippen LogP contribution in [-0.4, -0.2) is 11.0 Å². The number of rotatable bonds is 5. The van der Waals surface area contributed by atoms with E-state index < -0.39 is 16.1 Å². The predicted octanol–water partition coefficient (Wildman–Crippen LogP) is 8.46. The molecule has 0 atom stereocenters. The summed E-state index contributed by atoms with van der Waals surface area (Å²) in [5.41, 5.74) is 0.331. The van der Waals surface area contributed by atoms with Crippen LogP contribution in [0.4, 0.5) is 4.39 Å².